The first-order chi connectivity index (χ1) is 10.6. The fourth-order valence-corrected chi connectivity index (χ4v) is 2.69. The average molecular weight is 305 g/mol. The number of anilines is 1. The van der Waals surface area contributed by atoms with E-state index in [4.69, 9.17) is 4.52 Å². The summed E-state index contributed by atoms with van der Waals surface area (Å²) in [7, 11) is 0. The molecule has 118 valence electrons. The lowest BCUT2D eigenvalue weighted by atomic mass is 10.2. The second-order valence-electron chi connectivity index (χ2n) is 5.43. The Labute approximate surface area is 127 Å². The number of fused-ring (bicyclic) bond motifs is 1. The van der Waals surface area contributed by atoms with E-state index in [0.29, 0.717) is 30.1 Å². The SMILES string of the molecule is CCc1noc(C)c1NC(=O)Cn1nc2n(c1=O)CCCC2. The van der Waals surface area contributed by atoms with E-state index >= 15 is 0 Å². The molecule has 0 saturated carbocycles. The maximum absolute atomic E-state index is 12.2. The van der Waals surface area contributed by atoms with Crippen molar-refractivity contribution in [2.24, 2.45) is 0 Å². The molecule has 8 heteroatoms. The first-order valence-corrected chi connectivity index (χ1v) is 7.51. The number of aryl methyl sites for hydroxylation is 3. The molecular weight excluding hydrogens is 286 g/mol. The molecule has 1 amide bonds. The van der Waals surface area contributed by atoms with Gasteiger partial charge in [-0.2, -0.15) is 5.10 Å². The van der Waals surface area contributed by atoms with Crippen LogP contribution in [0, 0.1) is 6.92 Å². The van der Waals surface area contributed by atoms with Gasteiger partial charge in [0.1, 0.15) is 23.8 Å². The summed E-state index contributed by atoms with van der Waals surface area (Å²) >= 11 is 0. The fourth-order valence-electron chi connectivity index (χ4n) is 2.69. The van der Waals surface area contributed by atoms with Crippen LogP contribution < -0.4 is 11.0 Å². The topological polar surface area (TPSA) is 94.9 Å². The van der Waals surface area contributed by atoms with Gasteiger partial charge in [0.15, 0.2) is 5.76 Å². The van der Waals surface area contributed by atoms with Crippen molar-refractivity contribution in [2.45, 2.75) is 52.6 Å². The molecule has 0 aliphatic carbocycles. The van der Waals surface area contributed by atoms with Crippen LogP contribution in [0.2, 0.25) is 0 Å². The molecule has 22 heavy (non-hydrogen) atoms. The van der Waals surface area contributed by atoms with E-state index < -0.39 is 0 Å². The molecule has 1 N–H and O–H groups in total. The molecule has 3 rings (SSSR count). The van der Waals surface area contributed by atoms with Crippen molar-refractivity contribution in [3.8, 4) is 0 Å². The maximum atomic E-state index is 12.2. The molecule has 1 aliphatic rings. The average Bonchev–Trinajstić information content (AvgIpc) is 3.01. The number of aromatic nitrogens is 4. The highest BCUT2D eigenvalue weighted by Crippen LogP contribution is 2.20. The maximum Gasteiger partial charge on any atom is 0.346 e. The summed E-state index contributed by atoms with van der Waals surface area (Å²) in [6.07, 6.45) is 3.45. The second kappa shape index (κ2) is 5.78. The summed E-state index contributed by atoms with van der Waals surface area (Å²) in [6, 6.07) is 0. The summed E-state index contributed by atoms with van der Waals surface area (Å²) < 4.78 is 7.95. The van der Waals surface area contributed by atoms with E-state index in [0.717, 1.165) is 25.1 Å². The van der Waals surface area contributed by atoms with Crippen LogP contribution in [0.15, 0.2) is 9.32 Å². The van der Waals surface area contributed by atoms with Gasteiger partial charge in [0.05, 0.1) is 0 Å². The molecule has 0 saturated heterocycles. The van der Waals surface area contributed by atoms with Crippen LogP contribution in [0.4, 0.5) is 5.69 Å². The van der Waals surface area contributed by atoms with Crippen LogP contribution in [-0.4, -0.2) is 25.4 Å². The van der Waals surface area contributed by atoms with Gasteiger partial charge in [-0.15, -0.1) is 0 Å². The zero-order valence-corrected chi connectivity index (χ0v) is 12.8. The van der Waals surface area contributed by atoms with Gasteiger partial charge in [0.25, 0.3) is 0 Å². The van der Waals surface area contributed by atoms with Crippen LogP contribution >= 0.6 is 0 Å². The number of amides is 1. The minimum absolute atomic E-state index is 0.105. The van der Waals surface area contributed by atoms with Crippen LogP contribution in [0.5, 0.6) is 0 Å². The molecule has 0 spiro atoms. The van der Waals surface area contributed by atoms with E-state index in [-0.39, 0.29) is 18.1 Å². The summed E-state index contributed by atoms with van der Waals surface area (Å²) in [5, 5.41) is 10.9. The standard InChI is InChI=1S/C14H19N5O3/c1-3-10-13(9(2)22-17-10)15-12(20)8-19-14(21)18-7-5-4-6-11(18)16-19/h3-8H2,1-2H3,(H,15,20). The number of carbonyl (C=O) groups excluding carboxylic acids is 1. The zero-order valence-electron chi connectivity index (χ0n) is 12.8. The minimum Gasteiger partial charge on any atom is -0.359 e. The zero-order chi connectivity index (χ0) is 15.7. The van der Waals surface area contributed by atoms with Gasteiger partial charge >= 0.3 is 5.69 Å². The highest BCUT2D eigenvalue weighted by Gasteiger charge is 2.19. The van der Waals surface area contributed by atoms with Crippen molar-refractivity contribution in [2.75, 3.05) is 5.32 Å². The van der Waals surface area contributed by atoms with E-state index in [1.54, 1.807) is 11.5 Å². The number of carbonyl (C=O) groups is 1. The largest absolute Gasteiger partial charge is 0.359 e. The van der Waals surface area contributed by atoms with Crippen LogP contribution in [-0.2, 0) is 30.7 Å². The van der Waals surface area contributed by atoms with Gasteiger partial charge in [-0.3, -0.25) is 9.36 Å². The van der Waals surface area contributed by atoms with E-state index in [1.165, 1.54) is 4.68 Å². The number of nitrogens with zero attached hydrogens (tertiary/aromatic N) is 4. The molecule has 1 aliphatic heterocycles. The van der Waals surface area contributed by atoms with Crippen molar-refractivity contribution in [1.29, 1.82) is 0 Å². The number of rotatable bonds is 4. The molecule has 0 unspecified atom stereocenters. The molecule has 2 aromatic rings. The lowest BCUT2D eigenvalue weighted by molar-refractivity contribution is -0.117. The Morgan fingerprint density at radius 3 is 2.95 bits per heavy atom. The van der Waals surface area contributed by atoms with Gasteiger partial charge < -0.3 is 9.84 Å². The Morgan fingerprint density at radius 2 is 2.23 bits per heavy atom. The lowest BCUT2D eigenvalue weighted by Crippen LogP contribution is -2.31. The first kappa shape index (κ1) is 14.6. The van der Waals surface area contributed by atoms with Crippen molar-refractivity contribution in [3.05, 3.63) is 27.8 Å². The molecular formula is C14H19N5O3. The highest BCUT2D eigenvalue weighted by atomic mass is 16.5. The van der Waals surface area contributed by atoms with Gasteiger partial charge in [-0.05, 0) is 26.2 Å². The Kier molecular flexibility index (Phi) is 3.82. The third-order valence-electron chi connectivity index (χ3n) is 3.86. The Bertz CT molecular complexity index is 755. The van der Waals surface area contributed by atoms with E-state index in [1.807, 2.05) is 6.92 Å². The highest BCUT2D eigenvalue weighted by molar-refractivity contribution is 5.91. The van der Waals surface area contributed by atoms with Gasteiger partial charge in [0.2, 0.25) is 5.91 Å². The summed E-state index contributed by atoms with van der Waals surface area (Å²) in [5.41, 5.74) is 1.06. The molecule has 3 heterocycles. The lowest BCUT2D eigenvalue weighted by Gasteiger charge is -2.09. The predicted octanol–water partition coefficient (Wildman–Crippen LogP) is 0.879. The van der Waals surface area contributed by atoms with Crippen molar-refractivity contribution in [1.82, 2.24) is 19.5 Å². The Balaban J connectivity index is 1.76. The first-order valence-electron chi connectivity index (χ1n) is 7.51. The molecule has 0 aromatic carbocycles. The summed E-state index contributed by atoms with van der Waals surface area (Å²) in [5.74, 6) is 1.01. The molecule has 0 bridgehead atoms. The molecule has 0 fully saturated rings. The number of hydrogen-bond donors (Lipinski definition) is 1. The second-order valence-corrected chi connectivity index (χ2v) is 5.43. The Hall–Kier alpha value is -2.38. The van der Waals surface area contributed by atoms with Crippen molar-refractivity contribution in [3.63, 3.8) is 0 Å². The van der Waals surface area contributed by atoms with Crippen LogP contribution in [0.25, 0.3) is 0 Å². The third kappa shape index (κ3) is 2.56. The van der Waals surface area contributed by atoms with Crippen molar-refractivity contribution < 1.29 is 9.32 Å². The minimum atomic E-state index is -0.307. The summed E-state index contributed by atoms with van der Waals surface area (Å²) in [4.78, 5) is 24.4. The quantitative estimate of drug-likeness (QED) is 0.904. The third-order valence-corrected chi connectivity index (χ3v) is 3.86. The number of nitrogens with one attached hydrogen (secondary N) is 1. The fraction of sp³-hybridized carbons (Fsp3) is 0.571. The molecule has 2 aromatic heterocycles. The smallest absolute Gasteiger partial charge is 0.346 e. The van der Waals surface area contributed by atoms with Crippen molar-refractivity contribution >= 4 is 11.6 Å². The summed E-state index contributed by atoms with van der Waals surface area (Å²) in [6.45, 7) is 4.25. The van der Waals surface area contributed by atoms with Gasteiger partial charge in [-0.25, -0.2) is 9.48 Å². The predicted molar refractivity (Wildman–Crippen MR) is 78.7 cm³/mol. The van der Waals surface area contributed by atoms with Gasteiger partial charge in [-0.1, -0.05) is 12.1 Å². The van der Waals surface area contributed by atoms with Crippen LogP contribution in [0.1, 0.15) is 37.0 Å². The molecule has 8 nitrogen and oxygen atoms in total. The van der Waals surface area contributed by atoms with E-state index in [9.17, 15) is 9.59 Å². The van der Waals surface area contributed by atoms with E-state index in [2.05, 4.69) is 15.6 Å². The molecule has 0 atom stereocenters. The Morgan fingerprint density at radius 1 is 1.41 bits per heavy atom. The molecule has 0 radical (unpaired) electrons. The number of hydrogen-bond acceptors (Lipinski definition) is 5. The van der Waals surface area contributed by atoms with Gasteiger partial charge in [0, 0.05) is 13.0 Å². The van der Waals surface area contributed by atoms with Crippen LogP contribution in [0.3, 0.4) is 0 Å². The normalized spacial score (nSPS) is 13.9. The monoisotopic (exact) mass is 305 g/mol.